The van der Waals surface area contributed by atoms with E-state index >= 15 is 0 Å². The van der Waals surface area contributed by atoms with Crippen molar-refractivity contribution >= 4 is 23.7 Å². The molecule has 0 aliphatic carbocycles. The topological polar surface area (TPSA) is 175 Å². The maximum atomic E-state index is 12.8. The second-order valence-electron chi connectivity index (χ2n) is 8.53. The molecule has 0 fully saturated rings. The number of carbonyl (C=O) groups excluding carboxylic acids is 2. The predicted molar refractivity (Wildman–Crippen MR) is 140 cm³/mol. The number of aromatic amines is 1. The molecule has 1 aromatic heterocycles. The number of rotatable bonds is 8. The van der Waals surface area contributed by atoms with Crippen molar-refractivity contribution < 1.29 is 37.4 Å². The highest BCUT2D eigenvalue weighted by Gasteiger charge is 2.38. The van der Waals surface area contributed by atoms with Gasteiger partial charge in [-0.25, -0.2) is 4.79 Å². The van der Waals surface area contributed by atoms with E-state index in [1.165, 1.54) is 13.2 Å². The molecule has 0 unspecified atom stereocenters. The number of carbonyl (C=O) groups is 3. The number of alkyl halides is 3. The fourth-order valence-corrected chi connectivity index (χ4v) is 3.53. The van der Waals surface area contributed by atoms with E-state index in [9.17, 15) is 27.6 Å². The number of nitrogen functional groups attached to an aromatic ring is 1. The first-order valence-corrected chi connectivity index (χ1v) is 11.6. The highest BCUT2D eigenvalue weighted by molar-refractivity contribution is 5.95. The van der Waals surface area contributed by atoms with Crippen molar-refractivity contribution in [2.45, 2.75) is 25.6 Å². The Bertz CT molecular complexity index is 1400. The van der Waals surface area contributed by atoms with Gasteiger partial charge in [-0.15, -0.1) is 0 Å². The lowest BCUT2D eigenvalue weighted by Crippen LogP contribution is -2.42. The van der Waals surface area contributed by atoms with Crippen molar-refractivity contribution in [3.63, 3.8) is 0 Å². The second kappa shape index (κ2) is 13.7. The van der Waals surface area contributed by atoms with Crippen LogP contribution in [0.1, 0.15) is 28.4 Å². The summed E-state index contributed by atoms with van der Waals surface area (Å²) in [5, 5.41) is 17.6. The number of ether oxygens (including phenoxy) is 1. The van der Waals surface area contributed by atoms with E-state index in [0.29, 0.717) is 17.5 Å². The average Bonchev–Trinajstić information content (AvgIpc) is 2.91. The van der Waals surface area contributed by atoms with Gasteiger partial charge < -0.3 is 25.9 Å². The number of nitrogens with one attached hydrogen (secondary N) is 3. The quantitative estimate of drug-likeness (QED) is 0.160. The summed E-state index contributed by atoms with van der Waals surface area (Å²) in [6.07, 6.45) is -3.15. The number of nitrogens with two attached hydrogens (primary N) is 1. The minimum absolute atomic E-state index is 0.0573. The molecule has 10 nitrogen and oxygen atoms in total. The van der Waals surface area contributed by atoms with Gasteiger partial charge >= 0.3 is 18.1 Å². The number of hydrogen-bond acceptors (Lipinski definition) is 6. The Labute approximate surface area is 226 Å². The summed E-state index contributed by atoms with van der Waals surface area (Å²) >= 11 is 0. The molecule has 2 aromatic carbocycles. The molecular formula is C27H27F3N4O6. The first kappa shape index (κ1) is 31.3. The van der Waals surface area contributed by atoms with Crippen molar-refractivity contribution in [2.75, 3.05) is 7.11 Å². The van der Waals surface area contributed by atoms with Crippen LogP contribution in [0.3, 0.4) is 0 Å². The van der Waals surface area contributed by atoms with E-state index in [0.717, 1.165) is 16.7 Å². The molecule has 3 aromatic rings. The van der Waals surface area contributed by atoms with E-state index < -0.39 is 30.1 Å². The van der Waals surface area contributed by atoms with E-state index in [4.69, 9.17) is 25.8 Å². The van der Waals surface area contributed by atoms with Gasteiger partial charge in [-0.05, 0) is 54.3 Å². The second-order valence-corrected chi connectivity index (χ2v) is 8.53. The van der Waals surface area contributed by atoms with Gasteiger partial charge in [0.2, 0.25) is 5.56 Å². The lowest BCUT2D eigenvalue weighted by Gasteiger charge is -2.23. The van der Waals surface area contributed by atoms with Crippen molar-refractivity contribution in [1.29, 1.82) is 5.41 Å². The third-order valence-electron chi connectivity index (χ3n) is 5.67. The van der Waals surface area contributed by atoms with Crippen molar-refractivity contribution in [1.82, 2.24) is 10.3 Å². The van der Waals surface area contributed by atoms with Gasteiger partial charge in [0.05, 0.1) is 13.0 Å². The molecule has 0 saturated carbocycles. The predicted octanol–water partition coefficient (Wildman–Crippen LogP) is 3.11. The first-order chi connectivity index (χ1) is 18.7. The van der Waals surface area contributed by atoms with Crippen LogP contribution in [0, 0.1) is 11.3 Å². The molecule has 0 aliphatic rings. The number of carboxylic acids is 1. The maximum Gasteiger partial charge on any atom is 0.490 e. The highest BCUT2D eigenvalue weighted by Crippen LogP contribution is 2.19. The van der Waals surface area contributed by atoms with E-state index in [1.807, 2.05) is 6.07 Å². The first-order valence-electron chi connectivity index (χ1n) is 11.6. The zero-order valence-electron chi connectivity index (χ0n) is 21.4. The number of carboxylic acid groups (broad SMARTS) is 1. The summed E-state index contributed by atoms with van der Waals surface area (Å²) in [6, 6.07) is 16.7. The van der Waals surface area contributed by atoms with E-state index in [1.54, 1.807) is 61.7 Å². The largest absolute Gasteiger partial charge is 0.490 e. The third kappa shape index (κ3) is 9.11. The van der Waals surface area contributed by atoms with Gasteiger partial charge in [0, 0.05) is 29.4 Å². The molecule has 13 heteroatoms. The molecule has 40 heavy (non-hydrogen) atoms. The number of aliphatic carboxylic acids is 1. The van der Waals surface area contributed by atoms with Gasteiger partial charge in [0.25, 0.3) is 5.91 Å². The molecule has 0 radical (unpaired) electrons. The lowest BCUT2D eigenvalue weighted by atomic mass is 9.92. The summed E-state index contributed by atoms with van der Waals surface area (Å²) < 4.78 is 36.7. The Morgan fingerprint density at radius 1 is 1.05 bits per heavy atom. The molecular weight excluding hydrogens is 533 g/mol. The van der Waals surface area contributed by atoms with Crippen LogP contribution < -0.4 is 16.6 Å². The van der Waals surface area contributed by atoms with Gasteiger partial charge in [-0.2, -0.15) is 13.2 Å². The third-order valence-corrected chi connectivity index (χ3v) is 5.67. The van der Waals surface area contributed by atoms with Gasteiger partial charge in [0.1, 0.15) is 5.84 Å². The van der Waals surface area contributed by atoms with Gasteiger partial charge in [-0.1, -0.05) is 30.3 Å². The number of aromatic nitrogens is 1. The number of halogens is 3. The fourth-order valence-electron chi connectivity index (χ4n) is 3.53. The molecule has 6 N–H and O–H groups in total. The smallest absolute Gasteiger partial charge is 0.475 e. The monoisotopic (exact) mass is 560 g/mol. The molecule has 1 amide bonds. The van der Waals surface area contributed by atoms with Crippen LogP contribution in [0.2, 0.25) is 0 Å². The van der Waals surface area contributed by atoms with E-state index in [2.05, 4.69) is 10.3 Å². The molecule has 3 rings (SSSR count). The lowest BCUT2D eigenvalue weighted by molar-refractivity contribution is -0.192. The van der Waals surface area contributed by atoms with Crippen LogP contribution in [-0.4, -0.2) is 53.1 Å². The van der Waals surface area contributed by atoms with Gasteiger partial charge in [0.15, 0.2) is 0 Å². The van der Waals surface area contributed by atoms with Crippen molar-refractivity contribution in [2.24, 2.45) is 11.7 Å². The van der Waals surface area contributed by atoms with Crippen LogP contribution in [0.4, 0.5) is 13.2 Å². The van der Waals surface area contributed by atoms with Crippen LogP contribution in [0.15, 0.2) is 71.7 Å². The number of amidine groups is 1. The number of H-pyrrole nitrogens is 1. The van der Waals surface area contributed by atoms with E-state index in [-0.39, 0.29) is 17.3 Å². The zero-order valence-corrected chi connectivity index (χ0v) is 21.4. The Morgan fingerprint density at radius 2 is 1.65 bits per heavy atom. The Morgan fingerprint density at radius 3 is 2.15 bits per heavy atom. The molecule has 1 heterocycles. The summed E-state index contributed by atoms with van der Waals surface area (Å²) in [4.78, 5) is 48.0. The summed E-state index contributed by atoms with van der Waals surface area (Å²) in [6.45, 7) is 1.75. The fraction of sp³-hybridized carbons (Fsp3) is 0.222. The summed E-state index contributed by atoms with van der Waals surface area (Å²) in [7, 11) is 1.31. The highest BCUT2D eigenvalue weighted by atomic mass is 19.4. The number of esters is 1. The normalized spacial score (nSPS) is 12.2. The maximum absolute atomic E-state index is 12.8. The number of pyridine rings is 1. The molecule has 0 spiro atoms. The molecule has 0 bridgehead atoms. The molecule has 0 aliphatic heterocycles. The molecule has 212 valence electrons. The van der Waals surface area contributed by atoms with Gasteiger partial charge in [-0.3, -0.25) is 19.8 Å². The van der Waals surface area contributed by atoms with Crippen LogP contribution in [0.25, 0.3) is 11.1 Å². The number of methoxy groups -OCH3 is 1. The Hall–Kier alpha value is -4.94. The van der Waals surface area contributed by atoms with Crippen molar-refractivity contribution in [3.05, 3.63) is 93.9 Å². The number of amides is 1. The molecule has 2 atom stereocenters. The Balaban J connectivity index is 0.000000708. The van der Waals surface area contributed by atoms with Crippen molar-refractivity contribution in [3.8, 4) is 11.1 Å². The SMILES string of the molecule is COC(=O)[C@H](Cc1cccc(C(=N)N)c1)[C@@H](C)NC(=O)c1ccc(-c2ccc(=O)[nH]c2)cc1.O=C(O)C(F)(F)F. The van der Waals surface area contributed by atoms with Crippen LogP contribution >= 0.6 is 0 Å². The minimum Gasteiger partial charge on any atom is -0.475 e. The van der Waals surface area contributed by atoms with Crippen LogP contribution in [-0.2, 0) is 20.7 Å². The summed E-state index contributed by atoms with van der Waals surface area (Å²) in [5.74, 6) is -4.20. The Kier molecular flexibility index (Phi) is 10.7. The number of hydrogen-bond donors (Lipinski definition) is 5. The standard InChI is InChI=1S/C25H26N4O4.C2HF3O2/c1-15(21(25(32)33-2)13-16-4-3-5-19(12-16)23(26)27)29-24(31)18-8-6-17(7-9-18)20-10-11-22(30)28-14-20;3-2(4,5)1(6)7/h3-12,14-15,21H,13H2,1-2H3,(H3,26,27)(H,28,30)(H,29,31);(H,6,7)/t15-,21-;/m1./s1. The van der Waals surface area contributed by atoms with Crippen LogP contribution in [0.5, 0.6) is 0 Å². The average molecular weight is 561 g/mol. The number of benzene rings is 2. The minimum atomic E-state index is -5.08. The molecule has 0 saturated heterocycles. The zero-order chi connectivity index (χ0) is 30.0. The summed E-state index contributed by atoms with van der Waals surface area (Å²) in [5.41, 5.74) is 8.88.